The Balaban J connectivity index is 4.21. The fraction of sp³-hybridized carbons (Fsp3) is 0.953. The second-order valence-electron chi connectivity index (χ2n) is 22.8. The first-order valence-electron chi connectivity index (χ1n) is 31.8. The summed E-state index contributed by atoms with van der Waals surface area (Å²) in [5.74, 6) is 0.927. The molecule has 0 saturated carbocycles. The lowest BCUT2D eigenvalue weighted by Crippen LogP contribution is -2.30. The lowest BCUT2D eigenvalue weighted by atomic mass is 9.99. The van der Waals surface area contributed by atoms with E-state index in [0.29, 0.717) is 19.3 Å². The summed E-state index contributed by atoms with van der Waals surface area (Å²) in [5, 5.41) is 0. The fourth-order valence-electron chi connectivity index (χ4n) is 9.90. The van der Waals surface area contributed by atoms with Crippen molar-refractivity contribution in [3.8, 4) is 0 Å². The Morgan fingerprint density at radius 2 is 0.543 bits per heavy atom. The Bertz CT molecular complexity index is 1070. The van der Waals surface area contributed by atoms with Gasteiger partial charge < -0.3 is 14.2 Å². The third kappa shape index (κ3) is 55.7. The number of esters is 3. The van der Waals surface area contributed by atoms with Crippen LogP contribution in [0.4, 0.5) is 0 Å². The topological polar surface area (TPSA) is 78.9 Å². The van der Waals surface area contributed by atoms with Crippen LogP contribution in [0.5, 0.6) is 0 Å². The van der Waals surface area contributed by atoms with Gasteiger partial charge in [-0.05, 0) is 31.1 Å². The Hall–Kier alpha value is -1.59. The predicted molar refractivity (Wildman–Crippen MR) is 303 cm³/mol. The highest BCUT2D eigenvalue weighted by Crippen LogP contribution is 2.19. The van der Waals surface area contributed by atoms with Crippen LogP contribution in [0.1, 0.15) is 362 Å². The highest BCUT2D eigenvalue weighted by molar-refractivity contribution is 5.71. The van der Waals surface area contributed by atoms with E-state index in [-0.39, 0.29) is 31.1 Å². The van der Waals surface area contributed by atoms with Crippen molar-refractivity contribution in [1.82, 2.24) is 0 Å². The van der Waals surface area contributed by atoms with E-state index < -0.39 is 6.10 Å². The molecule has 0 bridgehead atoms. The molecule has 0 aromatic rings. The smallest absolute Gasteiger partial charge is 0.306 e. The van der Waals surface area contributed by atoms with E-state index in [9.17, 15) is 14.4 Å². The van der Waals surface area contributed by atoms with Crippen molar-refractivity contribution in [3.63, 3.8) is 0 Å². The SMILES string of the molecule is CCCCCCCCCCCCCCC(=O)O[C@@H](COC(=O)CCCCCCCCCCCCCCCCCCCCC(C)CC)COC(=O)CCCCCCCCCCCCCCCCCC(C)C. The van der Waals surface area contributed by atoms with Crippen LogP contribution in [0.25, 0.3) is 0 Å². The molecule has 0 aliphatic rings. The number of rotatable bonds is 58. The lowest BCUT2D eigenvalue weighted by molar-refractivity contribution is -0.167. The molecule has 0 spiro atoms. The zero-order chi connectivity index (χ0) is 51.1. The molecule has 0 N–H and O–H groups in total. The van der Waals surface area contributed by atoms with Crippen LogP contribution in [0.3, 0.4) is 0 Å². The van der Waals surface area contributed by atoms with Crippen LogP contribution in [-0.4, -0.2) is 37.2 Å². The van der Waals surface area contributed by atoms with Crippen LogP contribution in [0, 0.1) is 11.8 Å². The average Bonchev–Trinajstić information content (AvgIpc) is 3.35. The highest BCUT2D eigenvalue weighted by atomic mass is 16.6. The molecular weight excluding hydrogens is 865 g/mol. The summed E-state index contributed by atoms with van der Waals surface area (Å²) in [6, 6.07) is 0. The van der Waals surface area contributed by atoms with E-state index in [0.717, 1.165) is 69.6 Å². The van der Waals surface area contributed by atoms with Crippen LogP contribution in [-0.2, 0) is 28.6 Å². The van der Waals surface area contributed by atoms with Crippen molar-refractivity contribution < 1.29 is 28.6 Å². The number of carbonyl (C=O) groups excluding carboxylic acids is 3. The molecule has 6 heteroatoms. The number of hydrogen-bond acceptors (Lipinski definition) is 6. The van der Waals surface area contributed by atoms with Crippen LogP contribution >= 0.6 is 0 Å². The first-order chi connectivity index (χ1) is 34.3. The second kappa shape index (κ2) is 56.7. The highest BCUT2D eigenvalue weighted by Gasteiger charge is 2.19. The average molecular weight is 990 g/mol. The van der Waals surface area contributed by atoms with Crippen LogP contribution < -0.4 is 0 Å². The Labute approximate surface area is 438 Å². The molecule has 0 aliphatic heterocycles. The largest absolute Gasteiger partial charge is 0.462 e. The molecule has 416 valence electrons. The molecule has 0 amide bonds. The summed E-state index contributed by atoms with van der Waals surface area (Å²) >= 11 is 0. The first kappa shape index (κ1) is 68.4. The monoisotopic (exact) mass is 989 g/mol. The Kier molecular flexibility index (Phi) is 55.4. The predicted octanol–water partition coefficient (Wildman–Crippen LogP) is 21.2. The fourth-order valence-corrected chi connectivity index (χ4v) is 9.90. The van der Waals surface area contributed by atoms with E-state index in [1.54, 1.807) is 0 Å². The summed E-state index contributed by atoms with van der Waals surface area (Å²) in [4.78, 5) is 38.2. The molecule has 1 unspecified atom stereocenters. The summed E-state index contributed by atoms with van der Waals surface area (Å²) < 4.78 is 16.9. The molecule has 0 aliphatic carbocycles. The minimum atomic E-state index is -0.763. The van der Waals surface area contributed by atoms with Gasteiger partial charge in [-0.2, -0.15) is 0 Å². The zero-order valence-electron chi connectivity index (χ0n) is 48.2. The quantitative estimate of drug-likeness (QED) is 0.0343. The number of hydrogen-bond donors (Lipinski definition) is 0. The molecule has 70 heavy (non-hydrogen) atoms. The van der Waals surface area contributed by atoms with Crippen LogP contribution in [0.2, 0.25) is 0 Å². The van der Waals surface area contributed by atoms with Crippen LogP contribution in [0.15, 0.2) is 0 Å². The maximum Gasteiger partial charge on any atom is 0.306 e. The van der Waals surface area contributed by atoms with Crippen molar-refractivity contribution in [2.45, 2.75) is 368 Å². The third-order valence-electron chi connectivity index (χ3n) is 15.1. The summed E-state index contributed by atoms with van der Waals surface area (Å²) in [5.41, 5.74) is 0. The Morgan fingerprint density at radius 3 is 0.814 bits per heavy atom. The van der Waals surface area contributed by atoms with Gasteiger partial charge in [0.05, 0.1) is 0 Å². The summed E-state index contributed by atoms with van der Waals surface area (Å²) in [6.07, 6.45) is 62.4. The molecule has 0 radical (unpaired) electrons. The summed E-state index contributed by atoms with van der Waals surface area (Å²) in [7, 11) is 0. The van der Waals surface area contributed by atoms with Gasteiger partial charge in [-0.15, -0.1) is 0 Å². The maximum atomic E-state index is 12.9. The molecule has 0 rings (SSSR count). The summed E-state index contributed by atoms with van der Waals surface area (Å²) in [6.45, 7) is 11.5. The van der Waals surface area contributed by atoms with Gasteiger partial charge in [-0.1, -0.05) is 324 Å². The Morgan fingerprint density at radius 1 is 0.300 bits per heavy atom. The van der Waals surface area contributed by atoms with Gasteiger partial charge in [0.2, 0.25) is 0 Å². The standard InChI is InChI=1S/C64H124O6/c1-6-8-9-10-11-12-13-29-36-41-46-51-56-64(67)70-61(58-69-63(66)55-50-45-40-35-31-26-22-18-19-23-27-32-37-42-47-52-59(3)4)57-68-62(65)54-49-44-39-34-30-25-21-17-15-14-16-20-24-28-33-38-43-48-53-60(5)7-2/h59-61H,6-58H2,1-5H3/t60?,61-/m0/s1. The van der Waals surface area contributed by atoms with Crippen molar-refractivity contribution >= 4 is 17.9 Å². The number of ether oxygens (including phenoxy) is 3. The van der Waals surface area contributed by atoms with Gasteiger partial charge in [0, 0.05) is 19.3 Å². The van der Waals surface area contributed by atoms with E-state index in [1.807, 2.05) is 0 Å². The van der Waals surface area contributed by atoms with Gasteiger partial charge >= 0.3 is 17.9 Å². The molecule has 0 heterocycles. The van der Waals surface area contributed by atoms with Gasteiger partial charge in [0.1, 0.15) is 13.2 Å². The molecular formula is C64H124O6. The molecule has 0 fully saturated rings. The van der Waals surface area contributed by atoms with Crippen molar-refractivity contribution in [2.75, 3.05) is 13.2 Å². The molecule has 6 nitrogen and oxygen atoms in total. The molecule has 0 saturated heterocycles. The van der Waals surface area contributed by atoms with E-state index in [1.165, 1.54) is 250 Å². The third-order valence-corrected chi connectivity index (χ3v) is 15.1. The van der Waals surface area contributed by atoms with E-state index >= 15 is 0 Å². The van der Waals surface area contributed by atoms with Gasteiger partial charge in [-0.3, -0.25) is 14.4 Å². The lowest BCUT2D eigenvalue weighted by Gasteiger charge is -2.18. The van der Waals surface area contributed by atoms with Gasteiger partial charge in [-0.25, -0.2) is 0 Å². The molecule has 2 atom stereocenters. The molecule has 0 aromatic carbocycles. The minimum absolute atomic E-state index is 0.0619. The second-order valence-corrected chi connectivity index (χ2v) is 22.8. The zero-order valence-corrected chi connectivity index (χ0v) is 48.2. The van der Waals surface area contributed by atoms with E-state index in [4.69, 9.17) is 14.2 Å². The van der Waals surface area contributed by atoms with Gasteiger partial charge in [0.15, 0.2) is 6.10 Å². The minimum Gasteiger partial charge on any atom is -0.462 e. The van der Waals surface area contributed by atoms with Crippen molar-refractivity contribution in [1.29, 1.82) is 0 Å². The van der Waals surface area contributed by atoms with E-state index in [2.05, 4.69) is 34.6 Å². The molecule has 0 aromatic heterocycles. The van der Waals surface area contributed by atoms with Crippen molar-refractivity contribution in [3.05, 3.63) is 0 Å². The normalized spacial score (nSPS) is 12.4. The van der Waals surface area contributed by atoms with Crippen molar-refractivity contribution in [2.24, 2.45) is 11.8 Å². The number of unbranched alkanes of at least 4 members (excludes halogenated alkanes) is 42. The maximum absolute atomic E-state index is 12.9. The number of carbonyl (C=O) groups is 3. The first-order valence-corrected chi connectivity index (χ1v) is 31.8. The van der Waals surface area contributed by atoms with Gasteiger partial charge in [0.25, 0.3) is 0 Å².